The summed E-state index contributed by atoms with van der Waals surface area (Å²) in [4.78, 5) is 2.63. The molecule has 1 heterocycles. The van der Waals surface area contributed by atoms with Gasteiger partial charge in [0.25, 0.3) is 10.0 Å². The van der Waals surface area contributed by atoms with Gasteiger partial charge in [-0.3, -0.25) is 9.62 Å². The predicted octanol–water partition coefficient (Wildman–Crippen LogP) is 3.41. The number of nitrogens with one attached hydrogen (secondary N) is 1. The molecule has 0 aromatic heterocycles. The number of nitrogens with zero attached hydrogens (tertiary/aromatic N) is 1. The molecule has 3 rings (SSSR count). The van der Waals surface area contributed by atoms with E-state index in [0.29, 0.717) is 5.69 Å². The summed E-state index contributed by atoms with van der Waals surface area (Å²) in [5, 5.41) is 0. The largest absolute Gasteiger partial charge is 0.373 e. The van der Waals surface area contributed by atoms with E-state index in [4.69, 9.17) is 4.74 Å². The highest BCUT2D eigenvalue weighted by Crippen LogP contribution is 2.19. The van der Waals surface area contributed by atoms with Crippen molar-refractivity contribution in [2.24, 2.45) is 0 Å². The van der Waals surface area contributed by atoms with Crippen LogP contribution in [0, 0.1) is 6.92 Å². The Morgan fingerprint density at radius 1 is 1.00 bits per heavy atom. The van der Waals surface area contributed by atoms with Crippen molar-refractivity contribution in [3.05, 3.63) is 59.7 Å². The van der Waals surface area contributed by atoms with Crippen molar-refractivity contribution in [3.63, 3.8) is 0 Å². The molecule has 1 aliphatic heterocycles. The van der Waals surface area contributed by atoms with E-state index in [9.17, 15) is 8.42 Å². The Bertz CT molecular complexity index is 822. The molecule has 2 atom stereocenters. The van der Waals surface area contributed by atoms with Crippen LogP contribution in [0.3, 0.4) is 0 Å². The van der Waals surface area contributed by atoms with E-state index in [2.05, 4.69) is 23.5 Å². The molecule has 0 bridgehead atoms. The van der Waals surface area contributed by atoms with Crippen molar-refractivity contribution < 1.29 is 13.2 Å². The second-order valence-electron chi connectivity index (χ2n) is 7.07. The van der Waals surface area contributed by atoms with Gasteiger partial charge in [0.1, 0.15) is 0 Å². The van der Waals surface area contributed by atoms with Crippen LogP contribution in [0.15, 0.2) is 53.4 Å². The Balaban J connectivity index is 1.65. The van der Waals surface area contributed by atoms with Gasteiger partial charge < -0.3 is 4.74 Å². The van der Waals surface area contributed by atoms with Crippen LogP contribution < -0.4 is 4.72 Å². The minimum absolute atomic E-state index is 0.236. The van der Waals surface area contributed by atoms with Gasteiger partial charge in [0.15, 0.2) is 0 Å². The average Bonchev–Trinajstić information content (AvgIpc) is 2.56. The highest BCUT2D eigenvalue weighted by molar-refractivity contribution is 7.92. The molecule has 6 heteroatoms. The molecule has 5 nitrogen and oxygen atoms in total. The second-order valence-corrected chi connectivity index (χ2v) is 8.75. The maximum Gasteiger partial charge on any atom is 0.261 e. The van der Waals surface area contributed by atoms with Gasteiger partial charge in [0.2, 0.25) is 0 Å². The van der Waals surface area contributed by atoms with Crippen LogP contribution in [-0.2, 0) is 21.3 Å². The summed E-state index contributed by atoms with van der Waals surface area (Å²) in [6.45, 7) is 8.76. The molecule has 26 heavy (non-hydrogen) atoms. The van der Waals surface area contributed by atoms with Crippen LogP contribution in [0.25, 0.3) is 0 Å². The van der Waals surface area contributed by atoms with E-state index < -0.39 is 10.0 Å². The molecule has 2 unspecified atom stereocenters. The van der Waals surface area contributed by atoms with Gasteiger partial charge in [-0.2, -0.15) is 0 Å². The number of sulfonamides is 1. The van der Waals surface area contributed by atoms with Crippen LogP contribution in [0.5, 0.6) is 0 Å². The maximum atomic E-state index is 12.5. The van der Waals surface area contributed by atoms with E-state index in [0.717, 1.165) is 30.8 Å². The van der Waals surface area contributed by atoms with Gasteiger partial charge in [0, 0.05) is 25.3 Å². The average molecular weight is 375 g/mol. The molecule has 0 radical (unpaired) electrons. The third-order valence-corrected chi connectivity index (χ3v) is 5.84. The number of hydrogen-bond donors (Lipinski definition) is 1. The second kappa shape index (κ2) is 7.78. The number of aryl methyl sites for hydroxylation is 1. The third-order valence-electron chi connectivity index (χ3n) is 4.44. The van der Waals surface area contributed by atoms with Gasteiger partial charge in [-0.15, -0.1) is 0 Å². The minimum Gasteiger partial charge on any atom is -0.373 e. The number of anilines is 1. The van der Waals surface area contributed by atoms with Crippen molar-refractivity contribution in [2.45, 2.75) is 44.4 Å². The number of ether oxygens (including phenoxy) is 1. The number of morpholine rings is 1. The molecule has 0 saturated carbocycles. The molecule has 1 N–H and O–H groups in total. The van der Waals surface area contributed by atoms with Crippen molar-refractivity contribution in [3.8, 4) is 0 Å². The smallest absolute Gasteiger partial charge is 0.261 e. The lowest BCUT2D eigenvalue weighted by Gasteiger charge is -2.35. The molecule has 2 aromatic carbocycles. The fourth-order valence-electron chi connectivity index (χ4n) is 3.28. The van der Waals surface area contributed by atoms with Crippen LogP contribution >= 0.6 is 0 Å². The quantitative estimate of drug-likeness (QED) is 0.871. The van der Waals surface area contributed by atoms with Crippen molar-refractivity contribution >= 4 is 15.7 Å². The number of hydrogen-bond acceptors (Lipinski definition) is 4. The highest BCUT2D eigenvalue weighted by Gasteiger charge is 2.22. The highest BCUT2D eigenvalue weighted by atomic mass is 32.2. The third kappa shape index (κ3) is 4.84. The van der Waals surface area contributed by atoms with E-state index in [1.807, 2.05) is 31.2 Å². The lowest BCUT2D eigenvalue weighted by molar-refractivity contribution is -0.0704. The summed E-state index contributed by atoms with van der Waals surface area (Å²) < 4.78 is 33.3. The summed E-state index contributed by atoms with van der Waals surface area (Å²) in [7, 11) is -3.56. The van der Waals surface area contributed by atoms with E-state index in [1.54, 1.807) is 24.3 Å². The van der Waals surface area contributed by atoms with E-state index in [-0.39, 0.29) is 17.1 Å². The number of benzene rings is 2. The molecular formula is C20H26N2O3S. The first kappa shape index (κ1) is 18.9. The zero-order chi connectivity index (χ0) is 18.7. The standard InChI is InChI=1S/C20H26N2O3S/c1-15-4-10-20(11-5-15)26(23,24)21-19-8-6-18(7-9-19)14-22-12-16(2)25-17(3)13-22/h4-11,16-17,21H,12-14H2,1-3H3. The van der Waals surface area contributed by atoms with Gasteiger partial charge in [-0.05, 0) is 50.6 Å². The van der Waals surface area contributed by atoms with E-state index in [1.165, 1.54) is 0 Å². The zero-order valence-corrected chi connectivity index (χ0v) is 16.3. The lowest BCUT2D eigenvalue weighted by atomic mass is 10.1. The Labute approximate surface area is 156 Å². The molecule has 0 amide bonds. The van der Waals surface area contributed by atoms with Crippen LogP contribution in [0.4, 0.5) is 5.69 Å². The summed E-state index contributed by atoms with van der Waals surface area (Å²) in [5.41, 5.74) is 2.75. The molecular weight excluding hydrogens is 348 g/mol. The molecule has 0 aliphatic carbocycles. The van der Waals surface area contributed by atoms with Crippen molar-refractivity contribution in [1.29, 1.82) is 0 Å². The molecule has 2 aromatic rings. The monoisotopic (exact) mass is 374 g/mol. The van der Waals surface area contributed by atoms with E-state index >= 15 is 0 Å². The van der Waals surface area contributed by atoms with Gasteiger partial charge in [0.05, 0.1) is 17.1 Å². The SMILES string of the molecule is Cc1ccc(S(=O)(=O)Nc2ccc(CN3CC(C)OC(C)C3)cc2)cc1. The fourth-order valence-corrected chi connectivity index (χ4v) is 4.34. The fraction of sp³-hybridized carbons (Fsp3) is 0.400. The van der Waals surface area contributed by atoms with Gasteiger partial charge in [-0.25, -0.2) is 8.42 Å². The Hall–Kier alpha value is -1.89. The molecule has 1 saturated heterocycles. The molecule has 1 aliphatic rings. The summed E-state index contributed by atoms with van der Waals surface area (Å²) in [6.07, 6.45) is 0.471. The Morgan fingerprint density at radius 2 is 1.58 bits per heavy atom. The predicted molar refractivity (Wildman–Crippen MR) is 104 cm³/mol. The first-order valence-electron chi connectivity index (χ1n) is 8.88. The van der Waals surface area contributed by atoms with Crippen LogP contribution in [-0.4, -0.2) is 38.6 Å². The zero-order valence-electron chi connectivity index (χ0n) is 15.5. The molecule has 1 fully saturated rings. The lowest BCUT2D eigenvalue weighted by Crippen LogP contribution is -2.44. The first-order valence-corrected chi connectivity index (χ1v) is 10.4. The first-order chi connectivity index (χ1) is 12.3. The summed E-state index contributed by atoms with van der Waals surface area (Å²) in [5.74, 6) is 0. The van der Waals surface area contributed by atoms with Crippen LogP contribution in [0.1, 0.15) is 25.0 Å². The Morgan fingerprint density at radius 3 is 2.15 bits per heavy atom. The normalized spacial score (nSPS) is 21.5. The Kier molecular flexibility index (Phi) is 5.65. The summed E-state index contributed by atoms with van der Waals surface area (Å²) >= 11 is 0. The van der Waals surface area contributed by atoms with Gasteiger partial charge in [-0.1, -0.05) is 29.8 Å². The van der Waals surface area contributed by atoms with Gasteiger partial charge >= 0.3 is 0 Å². The molecule has 0 spiro atoms. The number of rotatable bonds is 5. The van der Waals surface area contributed by atoms with Crippen molar-refractivity contribution in [2.75, 3.05) is 17.8 Å². The maximum absolute atomic E-state index is 12.5. The molecule has 140 valence electrons. The minimum atomic E-state index is -3.56. The van der Waals surface area contributed by atoms with Crippen LogP contribution in [0.2, 0.25) is 0 Å². The topological polar surface area (TPSA) is 58.6 Å². The summed E-state index contributed by atoms with van der Waals surface area (Å²) in [6, 6.07) is 14.4. The van der Waals surface area contributed by atoms with Crippen molar-refractivity contribution in [1.82, 2.24) is 4.90 Å².